The summed E-state index contributed by atoms with van der Waals surface area (Å²) >= 11 is 6.23. The number of nitrogens with one attached hydrogen (secondary N) is 3. The van der Waals surface area contributed by atoms with Crippen molar-refractivity contribution in [3.8, 4) is 5.75 Å². The largest absolute Gasteiger partial charge is 0.482 e. The van der Waals surface area contributed by atoms with Gasteiger partial charge in [-0.05, 0) is 18.2 Å². The van der Waals surface area contributed by atoms with Gasteiger partial charge in [0.05, 0.1) is 30.5 Å². The van der Waals surface area contributed by atoms with Gasteiger partial charge in [0.1, 0.15) is 5.75 Å². The number of amides is 3. The number of carbonyl (C=O) groups excluding carboxylic acids is 2. The lowest BCUT2D eigenvalue weighted by Crippen LogP contribution is -2.42. The third kappa shape index (κ3) is 5.81. The van der Waals surface area contributed by atoms with E-state index in [1.165, 1.54) is 0 Å². The van der Waals surface area contributed by atoms with Crippen LogP contribution in [-0.4, -0.2) is 75.1 Å². The molecule has 3 amide bonds. The Labute approximate surface area is 162 Å². The number of benzene rings is 1. The van der Waals surface area contributed by atoms with Crippen LogP contribution in [0.2, 0.25) is 5.02 Å². The van der Waals surface area contributed by atoms with E-state index in [9.17, 15) is 9.59 Å². The Hall–Kier alpha value is -2.36. The highest BCUT2D eigenvalue weighted by atomic mass is 35.5. The van der Waals surface area contributed by atoms with Crippen molar-refractivity contribution in [3.63, 3.8) is 0 Å². The molecule has 0 radical (unpaired) electrons. The van der Waals surface area contributed by atoms with E-state index >= 15 is 0 Å². The lowest BCUT2D eigenvalue weighted by Gasteiger charge is -2.26. The second-order valence-corrected chi connectivity index (χ2v) is 6.50. The minimum Gasteiger partial charge on any atom is -0.482 e. The van der Waals surface area contributed by atoms with Crippen LogP contribution in [-0.2, 0) is 9.53 Å². The molecule has 0 aliphatic carbocycles. The van der Waals surface area contributed by atoms with Crippen molar-refractivity contribution in [2.24, 2.45) is 5.10 Å². The Morgan fingerprint density at radius 2 is 2.19 bits per heavy atom. The molecule has 0 atom stereocenters. The Morgan fingerprint density at radius 1 is 1.37 bits per heavy atom. The van der Waals surface area contributed by atoms with E-state index in [0.29, 0.717) is 29.6 Å². The van der Waals surface area contributed by atoms with Crippen molar-refractivity contribution in [2.45, 2.75) is 0 Å². The predicted molar refractivity (Wildman–Crippen MR) is 100 cm³/mol. The fourth-order valence-corrected chi connectivity index (χ4v) is 2.93. The van der Waals surface area contributed by atoms with Gasteiger partial charge in [0.2, 0.25) is 0 Å². The van der Waals surface area contributed by atoms with Gasteiger partial charge >= 0.3 is 6.03 Å². The molecular weight excluding hydrogens is 374 g/mol. The van der Waals surface area contributed by atoms with Crippen LogP contribution in [0.1, 0.15) is 5.56 Å². The molecule has 2 aliphatic rings. The second kappa shape index (κ2) is 9.54. The van der Waals surface area contributed by atoms with E-state index in [0.717, 1.165) is 38.4 Å². The maximum absolute atomic E-state index is 11.9. The lowest BCUT2D eigenvalue weighted by atomic mass is 10.1. The molecule has 2 heterocycles. The molecule has 9 nitrogen and oxygen atoms in total. The zero-order valence-corrected chi connectivity index (χ0v) is 15.6. The average molecular weight is 396 g/mol. The van der Waals surface area contributed by atoms with Crippen LogP contribution in [0, 0.1) is 0 Å². The van der Waals surface area contributed by atoms with E-state index < -0.39 is 0 Å². The number of hydrogen-bond acceptors (Lipinski definition) is 6. The monoisotopic (exact) mass is 395 g/mol. The number of morpholine rings is 1. The van der Waals surface area contributed by atoms with Gasteiger partial charge < -0.3 is 20.1 Å². The molecule has 0 aromatic heterocycles. The highest BCUT2D eigenvalue weighted by molar-refractivity contribution is 6.32. The minimum absolute atomic E-state index is 0.110. The van der Waals surface area contributed by atoms with Crippen molar-refractivity contribution < 1.29 is 19.1 Å². The molecule has 0 unspecified atom stereocenters. The van der Waals surface area contributed by atoms with Gasteiger partial charge in [-0.25, -0.2) is 10.2 Å². The summed E-state index contributed by atoms with van der Waals surface area (Å²) in [7, 11) is 0. The van der Waals surface area contributed by atoms with E-state index in [1.54, 1.807) is 18.2 Å². The summed E-state index contributed by atoms with van der Waals surface area (Å²) in [6, 6.07) is 4.79. The first-order valence-corrected chi connectivity index (χ1v) is 9.09. The van der Waals surface area contributed by atoms with Crippen LogP contribution in [0.3, 0.4) is 0 Å². The third-order valence-electron chi connectivity index (χ3n) is 4.19. The lowest BCUT2D eigenvalue weighted by molar-refractivity contribution is -0.123. The number of hydrazone groups is 1. The van der Waals surface area contributed by atoms with Gasteiger partial charge in [-0.15, -0.1) is 0 Å². The molecule has 10 heteroatoms. The molecule has 1 aromatic rings. The number of nitrogens with zero attached hydrogens (tertiary/aromatic N) is 2. The second-order valence-electron chi connectivity index (χ2n) is 6.09. The highest BCUT2D eigenvalue weighted by Gasteiger charge is 2.14. The van der Waals surface area contributed by atoms with Crippen LogP contribution in [0.25, 0.3) is 0 Å². The summed E-state index contributed by atoms with van der Waals surface area (Å²) in [6.45, 7) is 4.80. The fraction of sp³-hybridized carbons (Fsp3) is 0.471. The van der Waals surface area contributed by atoms with E-state index in [4.69, 9.17) is 21.1 Å². The summed E-state index contributed by atoms with van der Waals surface area (Å²) < 4.78 is 10.8. The highest BCUT2D eigenvalue weighted by Crippen LogP contribution is 2.25. The Bertz CT molecular complexity index is 721. The molecule has 3 N–H and O–H groups in total. The van der Waals surface area contributed by atoms with Crippen molar-refractivity contribution in [2.75, 3.05) is 52.5 Å². The first-order valence-electron chi connectivity index (χ1n) is 8.72. The molecule has 27 heavy (non-hydrogen) atoms. The third-order valence-corrected chi connectivity index (χ3v) is 4.48. The number of ether oxygens (including phenoxy) is 2. The summed E-state index contributed by atoms with van der Waals surface area (Å²) in [5.41, 5.74) is 3.76. The Kier molecular flexibility index (Phi) is 6.86. The van der Waals surface area contributed by atoms with Crippen molar-refractivity contribution in [1.29, 1.82) is 0 Å². The summed E-state index contributed by atoms with van der Waals surface area (Å²) in [5, 5.41) is 9.81. The first-order chi connectivity index (χ1) is 13.1. The van der Waals surface area contributed by atoms with Gasteiger partial charge in [0, 0.05) is 31.7 Å². The van der Waals surface area contributed by atoms with Gasteiger partial charge in [-0.2, -0.15) is 5.10 Å². The van der Waals surface area contributed by atoms with E-state index in [2.05, 4.69) is 26.1 Å². The van der Waals surface area contributed by atoms with Gasteiger partial charge in [-0.1, -0.05) is 11.6 Å². The molecular formula is C17H22ClN5O4. The first kappa shape index (κ1) is 19.4. The van der Waals surface area contributed by atoms with Crippen molar-refractivity contribution >= 4 is 29.3 Å². The standard InChI is InChI=1S/C17H22ClN5O4/c18-13-9-12(14-10-20-17(25)22-21-14)1-2-15(13)27-11-16(24)19-3-4-23-5-7-26-8-6-23/h1-2,9H,3-8,10-11H2,(H,19,24)(H2,20,22,25). The number of halogens is 1. The summed E-state index contributed by atoms with van der Waals surface area (Å²) in [6.07, 6.45) is 0. The minimum atomic E-state index is -0.343. The maximum atomic E-state index is 11.9. The number of carbonyl (C=O) groups is 2. The Morgan fingerprint density at radius 3 is 2.89 bits per heavy atom. The Balaban J connectivity index is 1.43. The molecule has 0 spiro atoms. The van der Waals surface area contributed by atoms with Crippen LogP contribution >= 0.6 is 11.6 Å². The molecule has 0 saturated carbocycles. The van der Waals surface area contributed by atoms with Crippen LogP contribution in [0.15, 0.2) is 23.3 Å². The predicted octanol–water partition coefficient (Wildman–Crippen LogP) is 0.184. The molecule has 1 fully saturated rings. The normalized spacial score (nSPS) is 17.5. The van der Waals surface area contributed by atoms with Crippen molar-refractivity contribution in [3.05, 3.63) is 28.8 Å². The molecule has 1 saturated heterocycles. The van der Waals surface area contributed by atoms with Gasteiger partial charge in [-0.3, -0.25) is 9.69 Å². The smallest absolute Gasteiger partial charge is 0.335 e. The molecule has 2 aliphatic heterocycles. The zero-order valence-electron chi connectivity index (χ0n) is 14.8. The summed E-state index contributed by atoms with van der Waals surface area (Å²) in [5.74, 6) is 0.212. The zero-order chi connectivity index (χ0) is 19.1. The average Bonchev–Trinajstić information content (AvgIpc) is 2.68. The molecule has 146 valence electrons. The van der Waals surface area contributed by atoms with Gasteiger partial charge in [0.15, 0.2) is 6.61 Å². The summed E-state index contributed by atoms with van der Waals surface area (Å²) in [4.78, 5) is 25.2. The molecule has 3 rings (SSSR count). The SMILES string of the molecule is O=C(COc1ccc(C2=NNC(=O)NC2)cc1Cl)NCCN1CCOCC1. The van der Waals surface area contributed by atoms with E-state index in [-0.39, 0.29) is 18.5 Å². The number of rotatable bonds is 7. The topological polar surface area (TPSA) is 104 Å². The number of hydrogen-bond donors (Lipinski definition) is 3. The van der Waals surface area contributed by atoms with Crippen LogP contribution < -0.4 is 20.8 Å². The van der Waals surface area contributed by atoms with E-state index in [1.807, 2.05) is 0 Å². The quantitative estimate of drug-likeness (QED) is 0.611. The maximum Gasteiger partial charge on any atom is 0.335 e. The van der Waals surface area contributed by atoms with Crippen LogP contribution in [0.5, 0.6) is 5.75 Å². The number of urea groups is 1. The van der Waals surface area contributed by atoms with Gasteiger partial charge in [0.25, 0.3) is 5.91 Å². The molecule has 0 bridgehead atoms. The fourth-order valence-electron chi connectivity index (χ4n) is 2.70. The van der Waals surface area contributed by atoms with Crippen molar-refractivity contribution in [1.82, 2.24) is 21.0 Å². The van der Waals surface area contributed by atoms with Crippen LogP contribution in [0.4, 0.5) is 4.79 Å². The molecule has 1 aromatic carbocycles.